The molecular formula is C10H13F3O2. The van der Waals surface area contributed by atoms with Crippen LogP contribution in [-0.4, -0.2) is 18.8 Å². The van der Waals surface area contributed by atoms with Gasteiger partial charge in [-0.05, 0) is 31.8 Å². The Labute approximate surface area is 86.1 Å². The Morgan fingerprint density at radius 3 is 2.40 bits per heavy atom. The zero-order chi connectivity index (χ0) is 11.3. The topological polar surface area (TPSA) is 26.3 Å². The van der Waals surface area contributed by atoms with E-state index < -0.39 is 12.1 Å². The molecule has 0 bridgehead atoms. The maximum Gasteiger partial charge on any atom is 0.490 e. The number of ether oxygens (including phenoxy) is 1. The molecule has 0 N–H and O–H groups in total. The summed E-state index contributed by atoms with van der Waals surface area (Å²) in [6.07, 6.45) is 1.82. The van der Waals surface area contributed by atoms with Gasteiger partial charge in [-0.15, -0.1) is 0 Å². The van der Waals surface area contributed by atoms with Crippen LogP contribution >= 0.6 is 0 Å². The van der Waals surface area contributed by atoms with Gasteiger partial charge in [0.2, 0.25) is 0 Å². The first kappa shape index (κ1) is 12.1. The van der Waals surface area contributed by atoms with E-state index in [4.69, 9.17) is 0 Å². The minimum absolute atomic E-state index is 0.270. The molecule has 0 aromatic rings. The molecule has 1 aliphatic carbocycles. The van der Waals surface area contributed by atoms with Crippen LogP contribution in [0.1, 0.15) is 32.1 Å². The molecule has 0 aromatic heterocycles. The van der Waals surface area contributed by atoms with Crippen LogP contribution in [0.4, 0.5) is 13.2 Å². The van der Waals surface area contributed by atoms with E-state index in [0.717, 1.165) is 31.3 Å². The summed E-state index contributed by atoms with van der Waals surface area (Å²) in [5.74, 6) is -2.12. The van der Waals surface area contributed by atoms with Crippen LogP contribution in [0.2, 0.25) is 0 Å². The molecule has 0 aliphatic heterocycles. The summed E-state index contributed by atoms with van der Waals surface area (Å²) >= 11 is 0. The van der Waals surface area contributed by atoms with E-state index in [2.05, 4.69) is 4.74 Å². The van der Waals surface area contributed by atoms with Crippen molar-refractivity contribution in [3.05, 3.63) is 11.6 Å². The van der Waals surface area contributed by atoms with Crippen LogP contribution in [0.25, 0.3) is 0 Å². The van der Waals surface area contributed by atoms with Gasteiger partial charge in [-0.3, -0.25) is 0 Å². The van der Waals surface area contributed by atoms with Crippen molar-refractivity contribution in [2.75, 3.05) is 6.61 Å². The lowest BCUT2D eigenvalue weighted by molar-refractivity contribution is -0.198. The second-order valence-corrected chi connectivity index (χ2v) is 3.52. The third-order valence-corrected chi connectivity index (χ3v) is 2.31. The average molecular weight is 222 g/mol. The molecule has 1 aliphatic rings. The van der Waals surface area contributed by atoms with Gasteiger partial charge < -0.3 is 4.74 Å². The molecule has 0 heterocycles. The standard InChI is InChI=1S/C10H13F3O2/c11-10(12,13)9(14)15-7-6-8-4-2-1-3-5-8/h6H,1-5,7H2. The van der Waals surface area contributed by atoms with Gasteiger partial charge in [0, 0.05) is 0 Å². The van der Waals surface area contributed by atoms with Gasteiger partial charge in [0.05, 0.1) is 0 Å². The monoisotopic (exact) mass is 222 g/mol. The fourth-order valence-corrected chi connectivity index (χ4v) is 1.53. The highest BCUT2D eigenvalue weighted by atomic mass is 19.4. The first-order valence-corrected chi connectivity index (χ1v) is 4.92. The summed E-state index contributed by atoms with van der Waals surface area (Å²) < 4.78 is 39.2. The van der Waals surface area contributed by atoms with Crippen LogP contribution < -0.4 is 0 Å². The summed E-state index contributed by atoms with van der Waals surface area (Å²) in [4.78, 5) is 10.3. The Morgan fingerprint density at radius 1 is 1.27 bits per heavy atom. The van der Waals surface area contributed by atoms with Crippen molar-refractivity contribution in [1.82, 2.24) is 0 Å². The van der Waals surface area contributed by atoms with E-state index in [0.29, 0.717) is 0 Å². The SMILES string of the molecule is O=C(OCC=C1CCCCC1)C(F)(F)F. The van der Waals surface area contributed by atoms with E-state index in [-0.39, 0.29) is 6.61 Å². The quantitative estimate of drug-likeness (QED) is 0.530. The zero-order valence-electron chi connectivity index (χ0n) is 8.27. The summed E-state index contributed by atoms with van der Waals surface area (Å²) in [5, 5.41) is 0. The van der Waals surface area contributed by atoms with Crippen LogP contribution in [0, 0.1) is 0 Å². The number of allylic oxidation sites excluding steroid dienone is 1. The van der Waals surface area contributed by atoms with Gasteiger partial charge >= 0.3 is 12.1 Å². The smallest absolute Gasteiger partial charge is 0.455 e. The number of carbonyl (C=O) groups excluding carboxylic acids is 1. The molecule has 0 radical (unpaired) electrons. The van der Waals surface area contributed by atoms with Crippen molar-refractivity contribution in [1.29, 1.82) is 0 Å². The van der Waals surface area contributed by atoms with Crippen LogP contribution in [0.5, 0.6) is 0 Å². The highest BCUT2D eigenvalue weighted by Crippen LogP contribution is 2.22. The van der Waals surface area contributed by atoms with Gasteiger partial charge in [-0.25, -0.2) is 4.79 Å². The third-order valence-electron chi connectivity index (χ3n) is 2.31. The van der Waals surface area contributed by atoms with E-state index >= 15 is 0 Å². The molecule has 1 rings (SSSR count). The van der Waals surface area contributed by atoms with Crippen molar-refractivity contribution in [2.24, 2.45) is 0 Å². The van der Waals surface area contributed by atoms with Crippen LogP contribution in [-0.2, 0) is 9.53 Å². The summed E-state index contributed by atoms with van der Waals surface area (Å²) in [6, 6.07) is 0. The second-order valence-electron chi connectivity index (χ2n) is 3.52. The molecular weight excluding hydrogens is 209 g/mol. The van der Waals surface area contributed by atoms with Gasteiger partial charge in [0.25, 0.3) is 0 Å². The van der Waals surface area contributed by atoms with Crippen molar-refractivity contribution < 1.29 is 22.7 Å². The molecule has 86 valence electrons. The molecule has 0 atom stereocenters. The Bertz CT molecular complexity index is 248. The van der Waals surface area contributed by atoms with Gasteiger partial charge in [-0.1, -0.05) is 12.0 Å². The van der Waals surface area contributed by atoms with Crippen molar-refractivity contribution in [2.45, 2.75) is 38.3 Å². The van der Waals surface area contributed by atoms with Gasteiger partial charge in [0.1, 0.15) is 6.61 Å². The molecule has 0 spiro atoms. The van der Waals surface area contributed by atoms with Crippen molar-refractivity contribution >= 4 is 5.97 Å². The van der Waals surface area contributed by atoms with E-state index in [9.17, 15) is 18.0 Å². The predicted octanol–water partition coefficient (Wildman–Crippen LogP) is 2.98. The Morgan fingerprint density at radius 2 is 1.87 bits per heavy atom. The molecule has 5 heteroatoms. The summed E-state index contributed by atoms with van der Waals surface area (Å²) in [5.41, 5.74) is 1.09. The molecule has 0 aromatic carbocycles. The van der Waals surface area contributed by atoms with Crippen LogP contribution in [0.3, 0.4) is 0 Å². The van der Waals surface area contributed by atoms with Gasteiger partial charge in [0.15, 0.2) is 0 Å². The van der Waals surface area contributed by atoms with E-state index in [1.165, 1.54) is 6.42 Å². The minimum atomic E-state index is -4.88. The molecule has 15 heavy (non-hydrogen) atoms. The van der Waals surface area contributed by atoms with E-state index in [1.807, 2.05) is 0 Å². The summed E-state index contributed by atoms with van der Waals surface area (Å²) in [6.45, 7) is -0.270. The lowest BCUT2D eigenvalue weighted by atomic mass is 9.95. The number of esters is 1. The number of alkyl halides is 3. The second kappa shape index (κ2) is 5.19. The number of hydrogen-bond acceptors (Lipinski definition) is 2. The molecule has 2 nitrogen and oxygen atoms in total. The molecule has 0 unspecified atom stereocenters. The van der Waals surface area contributed by atoms with Crippen molar-refractivity contribution in [3.63, 3.8) is 0 Å². The van der Waals surface area contributed by atoms with Crippen molar-refractivity contribution in [3.8, 4) is 0 Å². The van der Waals surface area contributed by atoms with Crippen LogP contribution in [0.15, 0.2) is 11.6 Å². The lowest BCUT2D eigenvalue weighted by Gasteiger charge is -2.13. The maximum atomic E-state index is 11.7. The number of rotatable bonds is 2. The Kier molecular flexibility index (Phi) is 4.17. The molecule has 1 saturated carbocycles. The Balaban J connectivity index is 2.28. The largest absolute Gasteiger partial charge is 0.490 e. The highest BCUT2D eigenvalue weighted by Gasteiger charge is 2.40. The normalized spacial score (nSPS) is 17.4. The first-order chi connectivity index (χ1) is 7.00. The maximum absolute atomic E-state index is 11.7. The van der Waals surface area contributed by atoms with E-state index in [1.54, 1.807) is 6.08 Å². The molecule has 0 amide bonds. The number of halogens is 3. The van der Waals surface area contributed by atoms with Gasteiger partial charge in [-0.2, -0.15) is 13.2 Å². The summed E-state index contributed by atoms with van der Waals surface area (Å²) in [7, 11) is 0. The first-order valence-electron chi connectivity index (χ1n) is 4.92. The highest BCUT2D eigenvalue weighted by molar-refractivity contribution is 5.75. The number of carbonyl (C=O) groups is 1. The molecule has 0 saturated heterocycles. The fourth-order valence-electron chi connectivity index (χ4n) is 1.53. The molecule has 1 fully saturated rings. The lowest BCUT2D eigenvalue weighted by Crippen LogP contribution is -2.25. The Hall–Kier alpha value is -1.00. The zero-order valence-corrected chi connectivity index (χ0v) is 8.27. The number of hydrogen-bond donors (Lipinski definition) is 0. The fraction of sp³-hybridized carbons (Fsp3) is 0.700. The minimum Gasteiger partial charge on any atom is -0.455 e. The third kappa shape index (κ3) is 4.36. The predicted molar refractivity (Wildman–Crippen MR) is 48.2 cm³/mol. The average Bonchev–Trinajstić information content (AvgIpc) is 2.18.